The lowest BCUT2D eigenvalue weighted by atomic mass is 10.1. The summed E-state index contributed by atoms with van der Waals surface area (Å²) < 4.78 is 0. The second-order valence-corrected chi connectivity index (χ2v) is 4.23. The number of rotatable bonds is 4. The van der Waals surface area contributed by atoms with Gasteiger partial charge in [0.05, 0.1) is 6.61 Å². The van der Waals surface area contributed by atoms with Crippen molar-refractivity contribution in [3.05, 3.63) is 35.4 Å². The molecule has 0 aromatic heterocycles. The highest BCUT2D eigenvalue weighted by Gasteiger charge is 2.11. The molecule has 0 atom stereocenters. The predicted octanol–water partition coefficient (Wildman–Crippen LogP) is 1.82. The molecule has 1 aliphatic rings. The summed E-state index contributed by atoms with van der Waals surface area (Å²) in [5.74, 6) is 0. The number of aliphatic hydroxyl groups excluding tert-OH is 1. The Labute approximate surface area is 91.5 Å². The Hall–Kier alpha value is -0.860. The summed E-state index contributed by atoms with van der Waals surface area (Å²) in [6, 6.07) is 8.18. The van der Waals surface area contributed by atoms with Gasteiger partial charge in [-0.3, -0.25) is 0 Å². The van der Waals surface area contributed by atoms with Crippen LogP contribution in [0.3, 0.4) is 0 Å². The third kappa shape index (κ3) is 2.80. The topological polar surface area (TPSA) is 23.5 Å². The van der Waals surface area contributed by atoms with E-state index in [1.54, 1.807) is 0 Å². The van der Waals surface area contributed by atoms with Crippen LogP contribution in [0.1, 0.15) is 24.0 Å². The van der Waals surface area contributed by atoms with E-state index in [9.17, 15) is 5.11 Å². The molecule has 2 nitrogen and oxygen atoms in total. The Morgan fingerprint density at radius 3 is 2.40 bits per heavy atom. The minimum atomic E-state index is 0.163. The molecule has 82 valence electrons. The van der Waals surface area contributed by atoms with Crippen LogP contribution in [0.4, 0.5) is 0 Å². The third-order valence-electron chi connectivity index (χ3n) is 3.18. The summed E-state index contributed by atoms with van der Waals surface area (Å²) in [7, 11) is 0. The van der Waals surface area contributed by atoms with Crippen LogP contribution in [0.2, 0.25) is 0 Å². The highest BCUT2D eigenvalue weighted by atomic mass is 16.3. The van der Waals surface area contributed by atoms with Gasteiger partial charge in [0.1, 0.15) is 0 Å². The normalized spacial score (nSPS) is 17.1. The van der Waals surface area contributed by atoms with Crippen molar-refractivity contribution in [2.75, 3.05) is 19.6 Å². The number of hydrogen-bond acceptors (Lipinski definition) is 2. The fraction of sp³-hybridized carbons (Fsp3) is 0.538. The molecule has 0 spiro atoms. The van der Waals surface area contributed by atoms with Crippen LogP contribution in [-0.4, -0.2) is 29.6 Å². The maximum absolute atomic E-state index is 9.20. The summed E-state index contributed by atoms with van der Waals surface area (Å²) in [5.41, 5.74) is 2.38. The second-order valence-electron chi connectivity index (χ2n) is 4.23. The highest BCUT2D eigenvalue weighted by Crippen LogP contribution is 2.12. The first kappa shape index (κ1) is 10.7. The van der Waals surface area contributed by atoms with Gasteiger partial charge in [-0.2, -0.15) is 0 Å². The van der Waals surface area contributed by atoms with Gasteiger partial charge in [-0.05, 0) is 43.5 Å². The molecule has 1 aromatic carbocycles. The monoisotopic (exact) mass is 205 g/mol. The van der Waals surface area contributed by atoms with E-state index >= 15 is 0 Å². The first-order valence-corrected chi connectivity index (χ1v) is 5.80. The van der Waals surface area contributed by atoms with Crippen molar-refractivity contribution in [3.8, 4) is 0 Å². The SMILES string of the molecule is OCc1ccccc1CCN1CCCC1. The van der Waals surface area contributed by atoms with E-state index in [-0.39, 0.29) is 6.61 Å². The Morgan fingerprint density at radius 1 is 1.07 bits per heavy atom. The van der Waals surface area contributed by atoms with Crippen molar-refractivity contribution in [1.29, 1.82) is 0 Å². The minimum absolute atomic E-state index is 0.163. The van der Waals surface area contributed by atoms with Gasteiger partial charge in [-0.15, -0.1) is 0 Å². The molecule has 0 saturated carbocycles. The first-order chi connectivity index (χ1) is 7.40. The van der Waals surface area contributed by atoms with Crippen molar-refractivity contribution < 1.29 is 5.11 Å². The molecule has 1 heterocycles. The Bertz CT molecular complexity index is 305. The molecule has 2 rings (SSSR count). The number of nitrogens with zero attached hydrogens (tertiary/aromatic N) is 1. The molecule has 0 bridgehead atoms. The Kier molecular flexibility index (Phi) is 3.75. The van der Waals surface area contributed by atoms with Crippen LogP contribution in [0.25, 0.3) is 0 Å². The van der Waals surface area contributed by atoms with Crippen molar-refractivity contribution in [1.82, 2.24) is 4.90 Å². The maximum atomic E-state index is 9.20. The van der Waals surface area contributed by atoms with Gasteiger partial charge in [0.25, 0.3) is 0 Å². The summed E-state index contributed by atoms with van der Waals surface area (Å²) in [6.45, 7) is 3.80. The van der Waals surface area contributed by atoms with E-state index < -0.39 is 0 Å². The van der Waals surface area contributed by atoms with Crippen LogP contribution >= 0.6 is 0 Å². The largest absolute Gasteiger partial charge is 0.392 e. The van der Waals surface area contributed by atoms with Gasteiger partial charge in [0, 0.05) is 6.54 Å². The predicted molar refractivity (Wildman–Crippen MR) is 61.7 cm³/mol. The van der Waals surface area contributed by atoms with Crippen LogP contribution < -0.4 is 0 Å². The van der Waals surface area contributed by atoms with Gasteiger partial charge >= 0.3 is 0 Å². The number of aliphatic hydroxyl groups is 1. The molecule has 15 heavy (non-hydrogen) atoms. The Morgan fingerprint density at radius 2 is 1.73 bits per heavy atom. The Balaban J connectivity index is 1.91. The molecule has 1 fully saturated rings. The first-order valence-electron chi connectivity index (χ1n) is 5.80. The fourth-order valence-corrected chi connectivity index (χ4v) is 2.24. The number of likely N-dealkylation sites (tertiary alicyclic amines) is 1. The molecule has 0 radical (unpaired) electrons. The molecule has 0 amide bonds. The van der Waals surface area contributed by atoms with Crippen molar-refractivity contribution in [3.63, 3.8) is 0 Å². The van der Waals surface area contributed by atoms with Crippen molar-refractivity contribution in [2.45, 2.75) is 25.9 Å². The minimum Gasteiger partial charge on any atom is -0.392 e. The van der Waals surface area contributed by atoms with Gasteiger partial charge in [-0.25, -0.2) is 0 Å². The van der Waals surface area contributed by atoms with Gasteiger partial charge in [-0.1, -0.05) is 24.3 Å². The molecule has 1 aromatic rings. The van der Waals surface area contributed by atoms with Crippen LogP contribution in [0, 0.1) is 0 Å². The molecule has 1 N–H and O–H groups in total. The summed E-state index contributed by atoms with van der Waals surface area (Å²) in [6.07, 6.45) is 3.76. The lowest BCUT2D eigenvalue weighted by Gasteiger charge is -2.15. The molecular weight excluding hydrogens is 186 g/mol. The van der Waals surface area contributed by atoms with Crippen LogP contribution in [-0.2, 0) is 13.0 Å². The van der Waals surface area contributed by atoms with E-state index in [1.807, 2.05) is 12.1 Å². The van der Waals surface area contributed by atoms with Gasteiger partial charge in [0.2, 0.25) is 0 Å². The highest BCUT2D eigenvalue weighted by molar-refractivity contribution is 5.26. The van der Waals surface area contributed by atoms with Crippen molar-refractivity contribution in [2.24, 2.45) is 0 Å². The van der Waals surface area contributed by atoms with Gasteiger partial charge in [0.15, 0.2) is 0 Å². The molecule has 0 aliphatic carbocycles. The number of benzene rings is 1. The molecule has 1 aliphatic heterocycles. The van der Waals surface area contributed by atoms with Crippen LogP contribution in [0.5, 0.6) is 0 Å². The summed E-state index contributed by atoms with van der Waals surface area (Å²) in [5, 5.41) is 9.20. The zero-order chi connectivity index (χ0) is 10.5. The molecule has 1 saturated heterocycles. The summed E-state index contributed by atoms with van der Waals surface area (Å²) in [4.78, 5) is 2.51. The van der Waals surface area contributed by atoms with E-state index in [2.05, 4.69) is 17.0 Å². The average molecular weight is 205 g/mol. The standard InChI is InChI=1S/C13H19NO/c15-11-13-6-2-1-5-12(13)7-10-14-8-3-4-9-14/h1-2,5-6,15H,3-4,7-11H2. The third-order valence-corrected chi connectivity index (χ3v) is 3.18. The molecular formula is C13H19NO. The lowest BCUT2D eigenvalue weighted by Crippen LogP contribution is -2.22. The number of hydrogen-bond donors (Lipinski definition) is 1. The average Bonchev–Trinajstić information content (AvgIpc) is 2.79. The smallest absolute Gasteiger partial charge is 0.0684 e. The lowest BCUT2D eigenvalue weighted by molar-refractivity contribution is 0.279. The fourth-order valence-electron chi connectivity index (χ4n) is 2.24. The second kappa shape index (κ2) is 5.29. The van der Waals surface area contributed by atoms with E-state index in [4.69, 9.17) is 0 Å². The van der Waals surface area contributed by atoms with E-state index in [0.29, 0.717) is 0 Å². The van der Waals surface area contributed by atoms with E-state index in [0.717, 1.165) is 18.5 Å². The zero-order valence-electron chi connectivity index (χ0n) is 9.15. The molecule has 0 unspecified atom stereocenters. The summed E-state index contributed by atoms with van der Waals surface area (Å²) >= 11 is 0. The zero-order valence-corrected chi connectivity index (χ0v) is 9.15. The quantitative estimate of drug-likeness (QED) is 0.810. The maximum Gasteiger partial charge on any atom is 0.0684 e. The van der Waals surface area contributed by atoms with Gasteiger partial charge < -0.3 is 10.0 Å². The van der Waals surface area contributed by atoms with Crippen molar-refractivity contribution >= 4 is 0 Å². The molecule has 2 heteroatoms. The van der Waals surface area contributed by atoms with E-state index in [1.165, 1.54) is 31.5 Å². The van der Waals surface area contributed by atoms with Crippen LogP contribution in [0.15, 0.2) is 24.3 Å².